The maximum Gasteiger partial charge on any atom is 0.241 e. The van der Waals surface area contributed by atoms with E-state index in [9.17, 15) is 13.2 Å². The molecule has 1 aromatic heterocycles. The summed E-state index contributed by atoms with van der Waals surface area (Å²) < 4.78 is 33.6. The lowest BCUT2D eigenvalue weighted by Gasteiger charge is -2.23. The van der Waals surface area contributed by atoms with Gasteiger partial charge in [-0.25, -0.2) is 13.1 Å². The Morgan fingerprint density at radius 2 is 1.88 bits per heavy atom. The van der Waals surface area contributed by atoms with Crippen molar-refractivity contribution in [3.63, 3.8) is 0 Å². The number of hydrogen-bond donors (Lipinski definition) is 1. The van der Waals surface area contributed by atoms with Crippen LogP contribution in [0.1, 0.15) is 43.0 Å². The standard InChI is InChI=1S/C18H20N2O4S/c21-18-5-2-11-20(18)13-6-8-14(9-7-13)25(22,23)19-16-3-1-4-17-15(16)10-12-24-17/h6-10,12,16,19H,1-5,11H2. The number of furan rings is 1. The summed E-state index contributed by atoms with van der Waals surface area (Å²) in [6.07, 6.45) is 5.50. The van der Waals surface area contributed by atoms with Gasteiger partial charge in [-0.1, -0.05) is 0 Å². The fourth-order valence-electron chi connectivity index (χ4n) is 3.59. The summed E-state index contributed by atoms with van der Waals surface area (Å²) in [6.45, 7) is 0.689. The molecule has 4 rings (SSSR count). The summed E-state index contributed by atoms with van der Waals surface area (Å²) >= 11 is 0. The van der Waals surface area contributed by atoms with Gasteiger partial charge in [0.2, 0.25) is 15.9 Å². The van der Waals surface area contributed by atoms with E-state index >= 15 is 0 Å². The largest absolute Gasteiger partial charge is 0.469 e. The Morgan fingerprint density at radius 3 is 2.60 bits per heavy atom. The van der Waals surface area contributed by atoms with Crippen LogP contribution in [0.2, 0.25) is 0 Å². The molecule has 1 aliphatic heterocycles. The number of carbonyl (C=O) groups excluding carboxylic acids is 1. The van der Waals surface area contributed by atoms with Gasteiger partial charge in [0.1, 0.15) is 5.76 Å². The summed E-state index contributed by atoms with van der Waals surface area (Å²) in [5.74, 6) is 0.949. The molecule has 7 heteroatoms. The molecule has 1 aromatic carbocycles. The maximum absolute atomic E-state index is 12.7. The molecule has 2 aliphatic rings. The highest BCUT2D eigenvalue weighted by molar-refractivity contribution is 7.89. The second-order valence-electron chi connectivity index (χ2n) is 6.51. The monoisotopic (exact) mass is 360 g/mol. The number of sulfonamides is 1. The van der Waals surface area contributed by atoms with E-state index in [4.69, 9.17) is 4.42 Å². The van der Waals surface area contributed by atoms with Crippen LogP contribution >= 0.6 is 0 Å². The molecule has 1 fully saturated rings. The summed E-state index contributed by atoms with van der Waals surface area (Å²) in [7, 11) is -3.63. The van der Waals surface area contributed by atoms with Gasteiger partial charge in [-0.2, -0.15) is 0 Å². The predicted octanol–water partition coefficient (Wildman–Crippen LogP) is 2.76. The molecule has 1 N–H and O–H groups in total. The minimum Gasteiger partial charge on any atom is -0.469 e. The normalized spacial score (nSPS) is 20.7. The summed E-state index contributed by atoms with van der Waals surface area (Å²) in [6, 6.07) is 8.09. The van der Waals surface area contributed by atoms with E-state index in [0.29, 0.717) is 13.0 Å². The maximum atomic E-state index is 12.7. The second kappa shape index (κ2) is 6.31. The first-order chi connectivity index (χ1) is 12.0. The molecule has 2 aromatic rings. The molecular weight excluding hydrogens is 340 g/mol. The van der Waals surface area contributed by atoms with Crippen molar-refractivity contribution in [1.29, 1.82) is 0 Å². The summed E-state index contributed by atoms with van der Waals surface area (Å²) in [4.78, 5) is 13.7. The van der Waals surface area contributed by atoms with Gasteiger partial charge in [0.15, 0.2) is 0 Å². The highest BCUT2D eigenvalue weighted by atomic mass is 32.2. The first-order valence-corrected chi connectivity index (χ1v) is 10.0. The van der Waals surface area contributed by atoms with Crippen molar-refractivity contribution in [3.8, 4) is 0 Å². The van der Waals surface area contributed by atoms with Crippen molar-refractivity contribution in [3.05, 3.63) is 47.9 Å². The molecule has 1 saturated heterocycles. The van der Waals surface area contributed by atoms with E-state index in [1.54, 1.807) is 35.4 Å². The van der Waals surface area contributed by atoms with Gasteiger partial charge in [0.05, 0.1) is 17.2 Å². The second-order valence-corrected chi connectivity index (χ2v) is 8.22. The first-order valence-electron chi connectivity index (χ1n) is 8.54. The van der Waals surface area contributed by atoms with Gasteiger partial charge in [-0.3, -0.25) is 4.79 Å². The Kier molecular flexibility index (Phi) is 4.13. The number of amides is 1. The topological polar surface area (TPSA) is 79.6 Å². The zero-order valence-electron chi connectivity index (χ0n) is 13.8. The molecule has 0 spiro atoms. The molecule has 1 aliphatic carbocycles. The van der Waals surface area contributed by atoms with Gasteiger partial charge >= 0.3 is 0 Å². The third kappa shape index (κ3) is 3.09. The van der Waals surface area contributed by atoms with Gasteiger partial charge in [-0.15, -0.1) is 0 Å². The van der Waals surface area contributed by atoms with Crippen molar-refractivity contribution in [2.24, 2.45) is 0 Å². The number of anilines is 1. The van der Waals surface area contributed by atoms with Crippen LogP contribution in [-0.4, -0.2) is 20.9 Å². The van der Waals surface area contributed by atoms with Crippen LogP contribution in [-0.2, 0) is 21.2 Å². The van der Waals surface area contributed by atoms with Crippen LogP contribution in [0.3, 0.4) is 0 Å². The van der Waals surface area contributed by atoms with E-state index in [1.807, 2.05) is 6.07 Å². The molecule has 1 unspecified atom stereocenters. The van der Waals surface area contributed by atoms with Crippen LogP contribution in [0, 0.1) is 0 Å². The van der Waals surface area contributed by atoms with Crippen molar-refractivity contribution < 1.29 is 17.6 Å². The predicted molar refractivity (Wildman–Crippen MR) is 92.7 cm³/mol. The third-order valence-electron chi connectivity index (χ3n) is 4.88. The highest BCUT2D eigenvalue weighted by Crippen LogP contribution is 2.32. The molecule has 25 heavy (non-hydrogen) atoms. The van der Waals surface area contributed by atoms with E-state index < -0.39 is 10.0 Å². The lowest BCUT2D eigenvalue weighted by atomic mass is 9.94. The van der Waals surface area contributed by atoms with Crippen LogP contribution in [0.4, 0.5) is 5.69 Å². The number of nitrogens with one attached hydrogen (secondary N) is 1. The fraction of sp³-hybridized carbons (Fsp3) is 0.389. The zero-order valence-corrected chi connectivity index (χ0v) is 14.6. The molecule has 132 valence electrons. The van der Waals surface area contributed by atoms with E-state index in [0.717, 1.165) is 42.7 Å². The number of nitrogens with zero attached hydrogens (tertiary/aromatic N) is 1. The Hall–Kier alpha value is -2.12. The van der Waals surface area contributed by atoms with Gasteiger partial charge in [-0.05, 0) is 49.6 Å². The van der Waals surface area contributed by atoms with Gasteiger partial charge in [0.25, 0.3) is 0 Å². The molecule has 1 amide bonds. The van der Waals surface area contributed by atoms with Gasteiger partial charge in [0, 0.05) is 30.6 Å². The molecular formula is C18H20N2O4S. The molecule has 0 saturated carbocycles. The number of fused-ring (bicyclic) bond motifs is 1. The van der Waals surface area contributed by atoms with Crippen molar-refractivity contribution in [2.75, 3.05) is 11.4 Å². The highest BCUT2D eigenvalue weighted by Gasteiger charge is 2.28. The Bertz CT molecular complexity index is 886. The minimum absolute atomic E-state index is 0.0865. The van der Waals surface area contributed by atoms with Crippen LogP contribution < -0.4 is 9.62 Å². The minimum atomic E-state index is -3.63. The first kappa shape index (κ1) is 16.4. The molecule has 0 radical (unpaired) electrons. The molecule has 1 atom stereocenters. The Morgan fingerprint density at radius 1 is 1.08 bits per heavy atom. The van der Waals surface area contributed by atoms with Crippen LogP contribution in [0.15, 0.2) is 45.9 Å². The number of rotatable bonds is 4. The van der Waals surface area contributed by atoms with Crippen molar-refractivity contribution in [1.82, 2.24) is 4.72 Å². The average molecular weight is 360 g/mol. The summed E-state index contributed by atoms with van der Waals surface area (Å²) in [5.41, 5.74) is 1.67. The fourth-order valence-corrected chi connectivity index (χ4v) is 4.84. The van der Waals surface area contributed by atoms with E-state index in [-0.39, 0.29) is 16.8 Å². The van der Waals surface area contributed by atoms with Crippen molar-refractivity contribution >= 4 is 21.6 Å². The third-order valence-corrected chi connectivity index (χ3v) is 6.37. The molecule has 2 heterocycles. The SMILES string of the molecule is O=C1CCCN1c1ccc(S(=O)(=O)NC2CCCc3occc32)cc1. The molecule has 0 bridgehead atoms. The Labute approximate surface area is 146 Å². The van der Waals surface area contributed by atoms with E-state index in [1.165, 1.54) is 0 Å². The Balaban J connectivity index is 1.54. The van der Waals surface area contributed by atoms with Crippen LogP contribution in [0.5, 0.6) is 0 Å². The molecule has 6 nitrogen and oxygen atoms in total. The number of hydrogen-bond acceptors (Lipinski definition) is 4. The quantitative estimate of drug-likeness (QED) is 0.909. The number of benzene rings is 1. The zero-order chi connectivity index (χ0) is 17.4. The lowest BCUT2D eigenvalue weighted by molar-refractivity contribution is -0.117. The van der Waals surface area contributed by atoms with Crippen LogP contribution in [0.25, 0.3) is 0 Å². The lowest BCUT2D eigenvalue weighted by Crippen LogP contribution is -2.30. The smallest absolute Gasteiger partial charge is 0.241 e. The van der Waals surface area contributed by atoms with E-state index in [2.05, 4.69) is 4.72 Å². The van der Waals surface area contributed by atoms with Crippen molar-refractivity contribution in [2.45, 2.75) is 43.0 Å². The average Bonchev–Trinajstić information content (AvgIpc) is 3.24. The van der Waals surface area contributed by atoms with Gasteiger partial charge < -0.3 is 9.32 Å². The number of aryl methyl sites for hydroxylation is 1. The summed E-state index contributed by atoms with van der Waals surface area (Å²) in [5, 5.41) is 0. The number of carbonyl (C=O) groups is 1.